The Morgan fingerprint density at radius 1 is 0.864 bits per heavy atom. The highest BCUT2D eigenvalue weighted by Crippen LogP contribution is 2.08. The summed E-state index contributed by atoms with van der Waals surface area (Å²) in [5.41, 5.74) is 0. The van der Waals surface area contributed by atoms with Crippen molar-refractivity contribution in [2.24, 2.45) is 0 Å². The molecule has 0 aliphatic heterocycles. The van der Waals surface area contributed by atoms with E-state index in [9.17, 15) is 15.0 Å². The van der Waals surface area contributed by atoms with Gasteiger partial charge in [-0.3, -0.25) is 4.79 Å². The van der Waals surface area contributed by atoms with Crippen LogP contribution < -0.4 is 0 Å². The number of allylic oxidation sites excluding steroid dienone is 2. The molecule has 0 aliphatic carbocycles. The van der Waals surface area contributed by atoms with E-state index in [2.05, 4.69) is 6.92 Å². The van der Waals surface area contributed by atoms with Gasteiger partial charge in [0.1, 0.15) is 0 Å². The van der Waals surface area contributed by atoms with Crippen LogP contribution in [0.2, 0.25) is 0 Å². The van der Waals surface area contributed by atoms with E-state index in [0.717, 1.165) is 44.9 Å². The third-order valence-electron chi connectivity index (χ3n) is 3.52. The molecule has 0 bridgehead atoms. The van der Waals surface area contributed by atoms with Crippen molar-refractivity contribution in [2.75, 3.05) is 0 Å². The zero-order valence-electron chi connectivity index (χ0n) is 13.8. The van der Waals surface area contributed by atoms with Gasteiger partial charge in [0, 0.05) is 6.42 Å². The molecule has 3 N–H and O–H groups in total. The Morgan fingerprint density at radius 3 is 1.86 bits per heavy atom. The van der Waals surface area contributed by atoms with Crippen LogP contribution in [-0.4, -0.2) is 33.5 Å². The molecule has 22 heavy (non-hydrogen) atoms. The van der Waals surface area contributed by atoms with Crippen molar-refractivity contribution >= 4 is 5.97 Å². The van der Waals surface area contributed by atoms with E-state index in [1.807, 2.05) is 0 Å². The molecule has 0 aliphatic rings. The zero-order chi connectivity index (χ0) is 16.6. The Kier molecular flexibility index (Phi) is 14.0. The van der Waals surface area contributed by atoms with Crippen molar-refractivity contribution in [2.45, 2.75) is 83.3 Å². The maximum Gasteiger partial charge on any atom is 0.303 e. The topological polar surface area (TPSA) is 77.8 Å². The van der Waals surface area contributed by atoms with Gasteiger partial charge in [0.25, 0.3) is 0 Å². The van der Waals surface area contributed by atoms with Gasteiger partial charge in [0.15, 0.2) is 0 Å². The SMILES string of the molecule is CCCCCC(O)/C=C/C=C/C(O)CCCCCCC(=O)O. The highest BCUT2D eigenvalue weighted by molar-refractivity contribution is 5.66. The summed E-state index contributed by atoms with van der Waals surface area (Å²) in [5, 5.41) is 27.9. The molecule has 0 radical (unpaired) electrons. The maximum atomic E-state index is 10.3. The molecule has 0 rings (SSSR count). The third kappa shape index (κ3) is 15.3. The van der Waals surface area contributed by atoms with Gasteiger partial charge in [0.2, 0.25) is 0 Å². The normalized spacial score (nSPS) is 14.7. The first-order valence-electron chi connectivity index (χ1n) is 8.49. The molecule has 0 aromatic rings. The lowest BCUT2D eigenvalue weighted by Gasteiger charge is -2.05. The van der Waals surface area contributed by atoms with Crippen LogP contribution in [0, 0.1) is 0 Å². The standard InChI is InChI=1S/C18H32O4/c1-2-3-6-11-16(19)13-9-10-14-17(20)12-7-4-5-8-15-18(21)22/h9-10,13-14,16-17,19-20H,2-8,11-12,15H2,1H3,(H,21,22)/b13-9+,14-10+. The molecule has 0 amide bonds. The fraction of sp³-hybridized carbons (Fsp3) is 0.722. The molecule has 0 fully saturated rings. The summed E-state index contributed by atoms with van der Waals surface area (Å²) in [6.45, 7) is 2.14. The summed E-state index contributed by atoms with van der Waals surface area (Å²) in [7, 11) is 0. The van der Waals surface area contributed by atoms with E-state index < -0.39 is 18.2 Å². The lowest BCUT2D eigenvalue weighted by molar-refractivity contribution is -0.137. The average molecular weight is 312 g/mol. The maximum absolute atomic E-state index is 10.3. The second kappa shape index (κ2) is 14.8. The van der Waals surface area contributed by atoms with Crippen LogP contribution in [0.5, 0.6) is 0 Å². The number of hydrogen-bond acceptors (Lipinski definition) is 3. The van der Waals surface area contributed by atoms with Gasteiger partial charge in [0.05, 0.1) is 12.2 Å². The van der Waals surface area contributed by atoms with Gasteiger partial charge in [-0.05, 0) is 19.3 Å². The first-order valence-corrected chi connectivity index (χ1v) is 8.49. The molecule has 0 saturated carbocycles. The highest BCUT2D eigenvalue weighted by Gasteiger charge is 2.00. The van der Waals surface area contributed by atoms with Crippen LogP contribution in [0.15, 0.2) is 24.3 Å². The molecule has 2 unspecified atom stereocenters. The number of aliphatic hydroxyl groups is 2. The number of aliphatic carboxylic acids is 1. The van der Waals surface area contributed by atoms with Crippen molar-refractivity contribution < 1.29 is 20.1 Å². The van der Waals surface area contributed by atoms with Crippen molar-refractivity contribution in [1.29, 1.82) is 0 Å². The Labute approximate surface area is 134 Å². The van der Waals surface area contributed by atoms with Crippen molar-refractivity contribution in [3.05, 3.63) is 24.3 Å². The Balaban J connectivity index is 3.60. The molecule has 0 heterocycles. The second-order valence-corrected chi connectivity index (χ2v) is 5.75. The Hall–Kier alpha value is -1.13. The minimum Gasteiger partial charge on any atom is -0.481 e. The summed E-state index contributed by atoms with van der Waals surface area (Å²) in [4.78, 5) is 10.3. The van der Waals surface area contributed by atoms with Gasteiger partial charge in [-0.15, -0.1) is 0 Å². The number of carbonyl (C=O) groups is 1. The summed E-state index contributed by atoms with van der Waals surface area (Å²) < 4.78 is 0. The number of hydrogen-bond donors (Lipinski definition) is 3. The zero-order valence-corrected chi connectivity index (χ0v) is 13.8. The number of aliphatic hydroxyl groups excluding tert-OH is 2. The van der Waals surface area contributed by atoms with Crippen molar-refractivity contribution in [1.82, 2.24) is 0 Å². The van der Waals surface area contributed by atoms with E-state index in [1.54, 1.807) is 24.3 Å². The molecule has 0 spiro atoms. The van der Waals surface area contributed by atoms with E-state index >= 15 is 0 Å². The van der Waals surface area contributed by atoms with Crippen LogP contribution >= 0.6 is 0 Å². The molecule has 128 valence electrons. The Morgan fingerprint density at radius 2 is 1.36 bits per heavy atom. The number of carboxylic acid groups (broad SMARTS) is 1. The predicted molar refractivity (Wildman–Crippen MR) is 89.8 cm³/mol. The average Bonchev–Trinajstić information content (AvgIpc) is 2.47. The second-order valence-electron chi connectivity index (χ2n) is 5.75. The van der Waals surface area contributed by atoms with Crippen LogP contribution in [-0.2, 0) is 4.79 Å². The number of unbranched alkanes of at least 4 members (excludes halogenated alkanes) is 5. The summed E-state index contributed by atoms with van der Waals surface area (Å²) in [5.74, 6) is -0.744. The molecular weight excluding hydrogens is 280 g/mol. The van der Waals surface area contributed by atoms with Crippen molar-refractivity contribution in [3.63, 3.8) is 0 Å². The minimum absolute atomic E-state index is 0.230. The van der Waals surface area contributed by atoms with E-state index in [0.29, 0.717) is 12.8 Å². The fourth-order valence-corrected chi connectivity index (χ4v) is 2.16. The van der Waals surface area contributed by atoms with Gasteiger partial charge >= 0.3 is 5.97 Å². The van der Waals surface area contributed by atoms with Crippen LogP contribution in [0.4, 0.5) is 0 Å². The quantitative estimate of drug-likeness (QED) is 0.336. The monoisotopic (exact) mass is 312 g/mol. The van der Waals surface area contributed by atoms with Crippen LogP contribution in [0.3, 0.4) is 0 Å². The molecule has 4 nitrogen and oxygen atoms in total. The molecular formula is C18H32O4. The fourth-order valence-electron chi connectivity index (χ4n) is 2.16. The predicted octanol–water partition coefficient (Wildman–Crippen LogP) is 3.83. The lowest BCUT2D eigenvalue weighted by Crippen LogP contribution is -2.02. The number of carboxylic acids is 1. The van der Waals surface area contributed by atoms with Crippen molar-refractivity contribution in [3.8, 4) is 0 Å². The highest BCUT2D eigenvalue weighted by atomic mass is 16.4. The van der Waals surface area contributed by atoms with Gasteiger partial charge in [-0.1, -0.05) is 69.8 Å². The Bertz CT molecular complexity index is 323. The first-order chi connectivity index (χ1) is 10.6. The minimum atomic E-state index is -0.744. The molecule has 0 aromatic heterocycles. The van der Waals surface area contributed by atoms with Gasteiger partial charge < -0.3 is 15.3 Å². The number of rotatable bonds is 14. The molecule has 4 heteroatoms. The van der Waals surface area contributed by atoms with Crippen LogP contribution in [0.25, 0.3) is 0 Å². The van der Waals surface area contributed by atoms with Gasteiger partial charge in [-0.25, -0.2) is 0 Å². The molecule has 0 saturated heterocycles. The molecule has 0 aromatic carbocycles. The van der Waals surface area contributed by atoms with E-state index in [-0.39, 0.29) is 6.42 Å². The van der Waals surface area contributed by atoms with E-state index in [4.69, 9.17) is 5.11 Å². The first kappa shape index (κ1) is 20.9. The summed E-state index contributed by atoms with van der Waals surface area (Å²) in [6, 6.07) is 0. The van der Waals surface area contributed by atoms with E-state index in [1.165, 1.54) is 0 Å². The largest absolute Gasteiger partial charge is 0.481 e. The summed E-state index contributed by atoms with van der Waals surface area (Å²) in [6.07, 6.45) is 14.7. The smallest absolute Gasteiger partial charge is 0.303 e. The third-order valence-corrected chi connectivity index (χ3v) is 3.52. The van der Waals surface area contributed by atoms with Crippen LogP contribution in [0.1, 0.15) is 71.1 Å². The van der Waals surface area contributed by atoms with Gasteiger partial charge in [-0.2, -0.15) is 0 Å². The lowest BCUT2D eigenvalue weighted by atomic mass is 10.1. The summed E-state index contributed by atoms with van der Waals surface area (Å²) >= 11 is 0. The molecule has 2 atom stereocenters.